The summed E-state index contributed by atoms with van der Waals surface area (Å²) >= 11 is 8.04. The van der Waals surface area contributed by atoms with Crippen molar-refractivity contribution in [3.8, 4) is 0 Å². The second-order valence-electron chi connectivity index (χ2n) is 4.40. The van der Waals surface area contributed by atoms with Gasteiger partial charge in [-0.05, 0) is 64.6 Å². The summed E-state index contributed by atoms with van der Waals surface area (Å²) in [5, 5.41) is 0.647. The van der Waals surface area contributed by atoms with Gasteiger partial charge in [0.15, 0.2) is 5.70 Å². The molecule has 0 spiro atoms. The number of hydrogen-bond donors (Lipinski definition) is 0. The number of carbonyl (C=O) groups is 1. The zero-order chi connectivity index (χ0) is 14.8. The van der Waals surface area contributed by atoms with Crippen LogP contribution in [0.15, 0.2) is 59.2 Å². The van der Waals surface area contributed by atoms with Crippen LogP contribution >= 0.6 is 34.2 Å². The lowest BCUT2D eigenvalue weighted by Gasteiger charge is -1.99. The van der Waals surface area contributed by atoms with Crippen LogP contribution in [0, 0.1) is 3.57 Å². The predicted octanol–water partition coefficient (Wildman–Crippen LogP) is 4.29. The molecule has 2 aromatic carbocycles. The van der Waals surface area contributed by atoms with Gasteiger partial charge in [0.25, 0.3) is 0 Å². The van der Waals surface area contributed by atoms with Crippen molar-refractivity contribution in [1.29, 1.82) is 0 Å². The van der Waals surface area contributed by atoms with E-state index in [2.05, 4.69) is 27.6 Å². The largest absolute Gasteiger partial charge is 0.402 e. The molecule has 0 atom stereocenters. The van der Waals surface area contributed by atoms with Crippen LogP contribution in [0.5, 0.6) is 0 Å². The van der Waals surface area contributed by atoms with E-state index in [4.69, 9.17) is 16.3 Å². The van der Waals surface area contributed by atoms with E-state index in [1.54, 1.807) is 18.2 Å². The Morgan fingerprint density at radius 1 is 1.14 bits per heavy atom. The van der Waals surface area contributed by atoms with Gasteiger partial charge in [-0.1, -0.05) is 29.8 Å². The molecule has 0 aromatic heterocycles. The maximum atomic E-state index is 11.9. The maximum absolute atomic E-state index is 11.9. The Hall–Kier alpha value is -1.66. The molecule has 0 bridgehead atoms. The molecule has 21 heavy (non-hydrogen) atoms. The highest BCUT2D eigenvalue weighted by molar-refractivity contribution is 14.1. The third kappa shape index (κ3) is 3.33. The molecule has 0 fully saturated rings. The van der Waals surface area contributed by atoms with Crippen molar-refractivity contribution >= 4 is 52.1 Å². The maximum Gasteiger partial charge on any atom is 0.363 e. The number of esters is 1. The van der Waals surface area contributed by atoms with Gasteiger partial charge in [0.2, 0.25) is 5.90 Å². The highest BCUT2D eigenvalue weighted by atomic mass is 127. The summed E-state index contributed by atoms with van der Waals surface area (Å²) in [5.74, 6) is -0.113. The van der Waals surface area contributed by atoms with Gasteiger partial charge in [-0.15, -0.1) is 0 Å². The number of benzene rings is 2. The van der Waals surface area contributed by atoms with Crippen molar-refractivity contribution < 1.29 is 9.53 Å². The number of halogens is 2. The number of aliphatic imine (C=N–C) groups is 1. The fourth-order valence-corrected chi connectivity index (χ4v) is 2.54. The minimum atomic E-state index is -0.446. The zero-order valence-corrected chi connectivity index (χ0v) is 13.6. The molecule has 0 radical (unpaired) electrons. The lowest BCUT2D eigenvalue weighted by molar-refractivity contribution is -0.129. The minimum Gasteiger partial charge on any atom is -0.402 e. The number of carbonyl (C=O) groups excluding carboxylic acids is 1. The number of hydrogen-bond acceptors (Lipinski definition) is 3. The lowest BCUT2D eigenvalue weighted by atomic mass is 10.2. The molecule has 0 saturated carbocycles. The van der Waals surface area contributed by atoms with E-state index in [0.29, 0.717) is 10.9 Å². The minimum absolute atomic E-state index is 0.284. The average Bonchev–Trinajstić information content (AvgIpc) is 2.83. The third-order valence-electron chi connectivity index (χ3n) is 2.87. The summed E-state index contributed by atoms with van der Waals surface area (Å²) in [4.78, 5) is 16.1. The van der Waals surface area contributed by atoms with Crippen LogP contribution in [-0.4, -0.2) is 11.9 Å². The zero-order valence-electron chi connectivity index (χ0n) is 10.7. The molecule has 2 aromatic rings. The Labute approximate surface area is 140 Å². The number of cyclic esters (lactones) is 1. The van der Waals surface area contributed by atoms with Crippen molar-refractivity contribution in [2.24, 2.45) is 4.99 Å². The van der Waals surface area contributed by atoms with Crippen molar-refractivity contribution in [3.05, 3.63) is 73.9 Å². The first kappa shape index (κ1) is 14.3. The van der Waals surface area contributed by atoms with Gasteiger partial charge in [-0.3, -0.25) is 0 Å². The second kappa shape index (κ2) is 5.99. The first-order valence-corrected chi connectivity index (χ1v) is 7.61. The van der Waals surface area contributed by atoms with Gasteiger partial charge < -0.3 is 4.74 Å². The smallest absolute Gasteiger partial charge is 0.363 e. The number of rotatable bonds is 2. The molecule has 0 amide bonds. The van der Waals surface area contributed by atoms with Crippen LogP contribution in [0.4, 0.5) is 0 Å². The van der Waals surface area contributed by atoms with Crippen molar-refractivity contribution in [2.75, 3.05) is 0 Å². The van der Waals surface area contributed by atoms with Gasteiger partial charge in [0.05, 0.1) is 0 Å². The highest BCUT2D eigenvalue weighted by Crippen LogP contribution is 2.20. The van der Waals surface area contributed by atoms with Gasteiger partial charge >= 0.3 is 5.97 Å². The summed E-state index contributed by atoms with van der Waals surface area (Å²) in [6, 6.07) is 14.8. The molecule has 1 heterocycles. The van der Waals surface area contributed by atoms with Gasteiger partial charge in [-0.25, -0.2) is 9.79 Å². The van der Waals surface area contributed by atoms with E-state index in [0.717, 1.165) is 14.7 Å². The SMILES string of the molecule is O=C1OC(c2cccc(I)c2)=N/C1=C\c1ccc(Cl)cc1. The summed E-state index contributed by atoms with van der Waals surface area (Å²) in [5.41, 5.74) is 1.92. The first-order chi connectivity index (χ1) is 10.1. The molecule has 5 heteroatoms. The summed E-state index contributed by atoms with van der Waals surface area (Å²) in [6.45, 7) is 0. The van der Waals surface area contributed by atoms with E-state index in [1.807, 2.05) is 36.4 Å². The van der Waals surface area contributed by atoms with Crippen molar-refractivity contribution in [1.82, 2.24) is 0 Å². The van der Waals surface area contributed by atoms with Gasteiger partial charge in [0, 0.05) is 14.2 Å². The quantitative estimate of drug-likeness (QED) is 0.422. The standard InChI is InChI=1S/C16H9ClINO2/c17-12-6-4-10(5-7-12)8-14-16(20)21-15(19-14)11-2-1-3-13(18)9-11/h1-9H/b14-8-. The van der Waals surface area contributed by atoms with Crippen LogP contribution in [0.2, 0.25) is 5.02 Å². The molecule has 3 rings (SSSR count). The Balaban J connectivity index is 1.93. The highest BCUT2D eigenvalue weighted by Gasteiger charge is 2.24. The Bertz CT molecular complexity index is 766. The summed E-state index contributed by atoms with van der Waals surface area (Å²) < 4.78 is 6.28. The fraction of sp³-hybridized carbons (Fsp3) is 0. The molecule has 0 aliphatic carbocycles. The first-order valence-electron chi connectivity index (χ1n) is 6.16. The monoisotopic (exact) mass is 409 g/mol. The lowest BCUT2D eigenvalue weighted by Crippen LogP contribution is -2.05. The molecule has 0 saturated heterocycles. The summed E-state index contributed by atoms with van der Waals surface area (Å²) in [7, 11) is 0. The number of ether oxygens (including phenoxy) is 1. The Kier molecular flexibility index (Phi) is 4.07. The van der Waals surface area contributed by atoms with Crippen LogP contribution in [0.25, 0.3) is 6.08 Å². The van der Waals surface area contributed by atoms with Crippen LogP contribution in [0.3, 0.4) is 0 Å². The fourth-order valence-electron chi connectivity index (χ4n) is 1.87. The molecule has 0 unspecified atom stereocenters. The number of nitrogens with zero attached hydrogens (tertiary/aromatic N) is 1. The van der Waals surface area contributed by atoms with Crippen LogP contribution < -0.4 is 0 Å². The van der Waals surface area contributed by atoms with Gasteiger partial charge in [-0.2, -0.15) is 0 Å². The second-order valence-corrected chi connectivity index (χ2v) is 6.08. The van der Waals surface area contributed by atoms with Gasteiger partial charge in [0.1, 0.15) is 0 Å². The Morgan fingerprint density at radius 3 is 2.62 bits per heavy atom. The normalized spacial score (nSPS) is 16.0. The predicted molar refractivity (Wildman–Crippen MR) is 91.2 cm³/mol. The molecule has 104 valence electrons. The van der Waals surface area contributed by atoms with E-state index >= 15 is 0 Å². The van der Waals surface area contributed by atoms with E-state index in [9.17, 15) is 4.79 Å². The van der Waals surface area contributed by atoms with E-state index in [-0.39, 0.29) is 5.70 Å². The Morgan fingerprint density at radius 2 is 1.90 bits per heavy atom. The molecular formula is C16H9ClINO2. The average molecular weight is 410 g/mol. The van der Waals surface area contributed by atoms with Crippen molar-refractivity contribution in [2.45, 2.75) is 0 Å². The molecule has 1 aliphatic rings. The van der Waals surface area contributed by atoms with Crippen LogP contribution in [0.1, 0.15) is 11.1 Å². The topological polar surface area (TPSA) is 38.7 Å². The van der Waals surface area contributed by atoms with Crippen molar-refractivity contribution in [3.63, 3.8) is 0 Å². The van der Waals surface area contributed by atoms with E-state index in [1.165, 1.54) is 0 Å². The molecular weight excluding hydrogens is 401 g/mol. The third-order valence-corrected chi connectivity index (χ3v) is 3.79. The van der Waals surface area contributed by atoms with Crippen LogP contribution in [-0.2, 0) is 9.53 Å². The molecule has 1 aliphatic heterocycles. The molecule has 3 nitrogen and oxygen atoms in total. The summed E-state index contributed by atoms with van der Waals surface area (Å²) in [6.07, 6.45) is 1.68. The molecule has 0 N–H and O–H groups in total. The van der Waals surface area contributed by atoms with E-state index < -0.39 is 5.97 Å².